The normalized spacial score (nSPS) is 43.0. The summed E-state index contributed by atoms with van der Waals surface area (Å²) in [4.78, 5) is 11.6. The van der Waals surface area contributed by atoms with Gasteiger partial charge in [0.05, 0.1) is 6.10 Å². The van der Waals surface area contributed by atoms with Gasteiger partial charge in [0.25, 0.3) is 0 Å². The second-order valence-electron chi connectivity index (χ2n) is 7.11. The van der Waals surface area contributed by atoms with E-state index in [0.717, 1.165) is 32.1 Å². The standard InChI is InChI=1S/C18H22O2/c1-18-9-8-14-13-5-3-12(19)10-11(13)2-4-15(14)16(18)6-7-17(18)20/h8-10,15-17,20H,2-7H2,1H3/t15?,16?,17-,18?/m0/s1. The molecule has 1 N–H and O–H groups in total. The third-order valence-electron chi connectivity index (χ3n) is 6.19. The minimum atomic E-state index is -0.180. The molecule has 0 amide bonds. The van der Waals surface area contributed by atoms with E-state index in [0.29, 0.717) is 24.0 Å². The Hall–Kier alpha value is -1.15. The lowest BCUT2D eigenvalue weighted by molar-refractivity contribution is -0.114. The Morgan fingerprint density at radius 3 is 2.90 bits per heavy atom. The number of hydrogen-bond acceptors (Lipinski definition) is 2. The van der Waals surface area contributed by atoms with Crippen LogP contribution in [0.25, 0.3) is 0 Å². The number of hydrogen-bond donors (Lipinski definition) is 1. The molecule has 0 aromatic rings. The maximum atomic E-state index is 11.6. The molecular formula is C18H22O2. The van der Waals surface area contributed by atoms with Crippen LogP contribution in [0, 0.1) is 17.3 Å². The molecule has 0 aromatic carbocycles. The predicted molar refractivity (Wildman–Crippen MR) is 78.1 cm³/mol. The van der Waals surface area contributed by atoms with E-state index in [4.69, 9.17) is 0 Å². The van der Waals surface area contributed by atoms with Crippen molar-refractivity contribution in [2.24, 2.45) is 17.3 Å². The predicted octanol–water partition coefficient (Wildman–Crippen LogP) is 3.33. The molecule has 2 heteroatoms. The molecule has 2 nitrogen and oxygen atoms in total. The molecule has 3 unspecified atom stereocenters. The summed E-state index contributed by atoms with van der Waals surface area (Å²) in [6.45, 7) is 2.23. The Labute approximate surface area is 120 Å². The Kier molecular flexibility index (Phi) is 2.62. The van der Waals surface area contributed by atoms with Crippen LogP contribution in [0.4, 0.5) is 0 Å². The Morgan fingerprint density at radius 2 is 2.05 bits per heavy atom. The highest BCUT2D eigenvalue weighted by Gasteiger charge is 2.51. The van der Waals surface area contributed by atoms with E-state index in [1.165, 1.54) is 16.7 Å². The SMILES string of the molecule is CC12C=CC3=C4CCC(=O)C=C4CCC3C1CC[C@@H]2O. The van der Waals surface area contributed by atoms with Gasteiger partial charge in [-0.15, -0.1) is 0 Å². The molecule has 1 fully saturated rings. The quantitative estimate of drug-likeness (QED) is 0.733. The number of aliphatic hydroxyl groups excluding tert-OH is 1. The zero-order valence-corrected chi connectivity index (χ0v) is 12.1. The first-order valence-electron chi connectivity index (χ1n) is 7.94. The van der Waals surface area contributed by atoms with Crippen molar-refractivity contribution in [3.05, 3.63) is 34.9 Å². The molecule has 4 rings (SSSR count). The van der Waals surface area contributed by atoms with Crippen LogP contribution in [0.2, 0.25) is 0 Å². The lowest BCUT2D eigenvalue weighted by atomic mass is 9.60. The molecule has 4 aliphatic carbocycles. The summed E-state index contributed by atoms with van der Waals surface area (Å²) >= 11 is 0. The molecule has 0 bridgehead atoms. The first kappa shape index (κ1) is 12.6. The van der Waals surface area contributed by atoms with Gasteiger partial charge in [-0.05, 0) is 66.7 Å². The molecule has 0 aliphatic heterocycles. The minimum Gasteiger partial charge on any atom is -0.392 e. The van der Waals surface area contributed by atoms with E-state index >= 15 is 0 Å². The Balaban J connectivity index is 1.82. The molecule has 0 radical (unpaired) electrons. The van der Waals surface area contributed by atoms with Crippen LogP contribution in [0.15, 0.2) is 34.9 Å². The van der Waals surface area contributed by atoms with Crippen LogP contribution in [-0.2, 0) is 4.79 Å². The van der Waals surface area contributed by atoms with Crippen LogP contribution < -0.4 is 0 Å². The van der Waals surface area contributed by atoms with Crippen molar-refractivity contribution >= 4 is 5.78 Å². The highest BCUT2D eigenvalue weighted by molar-refractivity contribution is 5.93. The summed E-state index contributed by atoms with van der Waals surface area (Å²) in [6.07, 6.45) is 12.1. The fourth-order valence-electron chi connectivity index (χ4n) is 4.99. The van der Waals surface area contributed by atoms with Gasteiger partial charge in [-0.2, -0.15) is 0 Å². The summed E-state index contributed by atoms with van der Waals surface area (Å²) < 4.78 is 0. The first-order valence-corrected chi connectivity index (χ1v) is 7.94. The van der Waals surface area contributed by atoms with Crippen LogP contribution in [0.3, 0.4) is 0 Å². The van der Waals surface area contributed by atoms with Crippen molar-refractivity contribution in [2.45, 2.75) is 51.6 Å². The fourth-order valence-corrected chi connectivity index (χ4v) is 4.99. The van der Waals surface area contributed by atoms with Crippen LogP contribution in [-0.4, -0.2) is 17.0 Å². The smallest absolute Gasteiger partial charge is 0.156 e. The fraction of sp³-hybridized carbons (Fsp3) is 0.611. The first-order chi connectivity index (χ1) is 9.59. The van der Waals surface area contributed by atoms with Crippen molar-refractivity contribution in [1.82, 2.24) is 0 Å². The second kappa shape index (κ2) is 4.17. The van der Waals surface area contributed by atoms with Crippen molar-refractivity contribution < 1.29 is 9.90 Å². The van der Waals surface area contributed by atoms with Gasteiger partial charge in [0, 0.05) is 11.8 Å². The molecule has 1 saturated carbocycles. The largest absolute Gasteiger partial charge is 0.392 e. The van der Waals surface area contributed by atoms with Gasteiger partial charge in [0.1, 0.15) is 0 Å². The average Bonchev–Trinajstić information content (AvgIpc) is 2.74. The molecule has 0 aromatic heterocycles. The summed E-state index contributed by atoms with van der Waals surface area (Å²) in [7, 11) is 0. The van der Waals surface area contributed by atoms with E-state index in [1.54, 1.807) is 0 Å². The minimum absolute atomic E-state index is 0.0274. The molecule has 4 atom stereocenters. The lowest BCUT2D eigenvalue weighted by Crippen LogP contribution is -2.39. The van der Waals surface area contributed by atoms with Gasteiger partial charge in [-0.3, -0.25) is 4.79 Å². The number of carbonyl (C=O) groups excluding carboxylic acids is 1. The Bertz CT molecular complexity index is 566. The monoisotopic (exact) mass is 270 g/mol. The number of ketones is 1. The summed E-state index contributed by atoms with van der Waals surface area (Å²) in [6, 6.07) is 0. The zero-order chi connectivity index (χ0) is 13.9. The van der Waals surface area contributed by atoms with E-state index in [9.17, 15) is 9.90 Å². The topological polar surface area (TPSA) is 37.3 Å². The summed E-state index contributed by atoms with van der Waals surface area (Å²) in [5.41, 5.74) is 4.19. The molecular weight excluding hydrogens is 248 g/mol. The van der Waals surface area contributed by atoms with E-state index in [1.807, 2.05) is 6.08 Å². The third kappa shape index (κ3) is 1.57. The second-order valence-corrected chi connectivity index (χ2v) is 7.11. The van der Waals surface area contributed by atoms with Crippen molar-refractivity contribution in [1.29, 1.82) is 0 Å². The molecule has 106 valence electrons. The van der Waals surface area contributed by atoms with E-state index < -0.39 is 0 Å². The number of fused-ring (bicyclic) bond motifs is 4. The van der Waals surface area contributed by atoms with E-state index in [2.05, 4.69) is 19.1 Å². The number of aliphatic hydroxyl groups is 1. The van der Waals surface area contributed by atoms with Gasteiger partial charge in [0.15, 0.2) is 5.78 Å². The van der Waals surface area contributed by atoms with Gasteiger partial charge in [-0.25, -0.2) is 0 Å². The number of carbonyl (C=O) groups is 1. The van der Waals surface area contributed by atoms with Crippen LogP contribution in [0.1, 0.15) is 45.4 Å². The highest BCUT2D eigenvalue weighted by Crippen LogP contribution is 2.57. The van der Waals surface area contributed by atoms with Crippen molar-refractivity contribution in [3.63, 3.8) is 0 Å². The van der Waals surface area contributed by atoms with Crippen LogP contribution in [0.5, 0.6) is 0 Å². The lowest BCUT2D eigenvalue weighted by Gasteiger charge is -2.44. The third-order valence-corrected chi connectivity index (χ3v) is 6.19. The van der Waals surface area contributed by atoms with Gasteiger partial charge < -0.3 is 5.11 Å². The highest BCUT2D eigenvalue weighted by atomic mass is 16.3. The van der Waals surface area contributed by atoms with Crippen molar-refractivity contribution in [2.75, 3.05) is 0 Å². The molecule has 20 heavy (non-hydrogen) atoms. The molecule has 0 spiro atoms. The summed E-state index contributed by atoms with van der Waals surface area (Å²) in [5, 5.41) is 10.3. The molecule has 0 saturated heterocycles. The van der Waals surface area contributed by atoms with Gasteiger partial charge in [-0.1, -0.05) is 19.1 Å². The number of rotatable bonds is 0. The van der Waals surface area contributed by atoms with Crippen molar-refractivity contribution in [3.8, 4) is 0 Å². The average molecular weight is 270 g/mol. The zero-order valence-electron chi connectivity index (χ0n) is 12.1. The van der Waals surface area contributed by atoms with E-state index in [-0.39, 0.29) is 11.5 Å². The number of allylic oxidation sites excluding steroid dienone is 5. The van der Waals surface area contributed by atoms with Gasteiger partial charge >= 0.3 is 0 Å². The maximum Gasteiger partial charge on any atom is 0.156 e. The van der Waals surface area contributed by atoms with Crippen LogP contribution >= 0.6 is 0 Å². The molecule has 0 heterocycles. The summed E-state index contributed by atoms with van der Waals surface area (Å²) in [5.74, 6) is 1.48. The van der Waals surface area contributed by atoms with Gasteiger partial charge in [0.2, 0.25) is 0 Å². The maximum absolute atomic E-state index is 11.6. The molecule has 4 aliphatic rings. The Morgan fingerprint density at radius 1 is 1.20 bits per heavy atom.